The van der Waals surface area contributed by atoms with Gasteiger partial charge in [-0.25, -0.2) is 18.7 Å². The topological polar surface area (TPSA) is 96.5 Å². The molecule has 1 aliphatic carbocycles. The number of hydrogen-bond acceptors (Lipinski definition) is 6. The first kappa shape index (κ1) is 20.6. The van der Waals surface area contributed by atoms with E-state index in [1.165, 1.54) is 35.4 Å². The summed E-state index contributed by atoms with van der Waals surface area (Å²) in [6, 6.07) is 5.51. The maximum atomic E-state index is 14.5. The van der Waals surface area contributed by atoms with E-state index < -0.39 is 23.8 Å². The number of nitriles is 1. The van der Waals surface area contributed by atoms with Gasteiger partial charge in [0.2, 0.25) is 5.13 Å². The summed E-state index contributed by atoms with van der Waals surface area (Å²) in [5, 5.41) is 16.3. The number of hydrogen-bond donors (Lipinski definition) is 1. The Hall–Kier alpha value is -2.71. The van der Waals surface area contributed by atoms with Crippen LogP contribution in [-0.4, -0.2) is 25.7 Å². The van der Waals surface area contributed by atoms with Crippen LogP contribution in [0.2, 0.25) is 0 Å². The predicted octanol–water partition coefficient (Wildman–Crippen LogP) is 4.35. The number of alkyl halides is 2. The minimum absolute atomic E-state index is 0.124. The van der Waals surface area contributed by atoms with Gasteiger partial charge in [0, 0.05) is 21.5 Å². The lowest BCUT2D eigenvalue weighted by atomic mass is 10.0. The predicted molar refractivity (Wildman–Crippen MR) is 108 cm³/mol. The molecule has 0 saturated heterocycles. The van der Waals surface area contributed by atoms with Crippen LogP contribution in [-0.2, 0) is 5.92 Å². The summed E-state index contributed by atoms with van der Waals surface area (Å²) in [5.41, 5.74) is -0.0502. The number of thiazole rings is 1. The van der Waals surface area contributed by atoms with Gasteiger partial charge in [0.25, 0.3) is 11.8 Å². The van der Waals surface area contributed by atoms with Crippen molar-refractivity contribution in [2.75, 3.05) is 0 Å². The first-order valence-electron chi connectivity index (χ1n) is 9.05. The average molecular weight is 493 g/mol. The number of nitrogens with zero attached hydrogens (tertiary/aromatic N) is 5. The van der Waals surface area contributed by atoms with E-state index in [0.29, 0.717) is 33.1 Å². The van der Waals surface area contributed by atoms with Crippen molar-refractivity contribution in [3.63, 3.8) is 0 Å². The van der Waals surface area contributed by atoms with Crippen molar-refractivity contribution >= 4 is 33.2 Å². The fraction of sp³-hybridized carbons (Fsp3) is 0.316. The third-order valence-electron chi connectivity index (χ3n) is 4.73. The second kappa shape index (κ2) is 7.85. The molecule has 1 atom stereocenters. The van der Waals surface area contributed by atoms with Gasteiger partial charge >= 0.3 is 0 Å². The number of rotatable bonds is 6. The van der Waals surface area contributed by atoms with Crippen molar-refractivity contribution in [2.24, 2.45) is 5.92 Å². The van der Waals surface area contributed by atoms with Crippen LogP contribution in [0.1, 0.15) is 52.4 Å². The molecule has 1 aromatic carbocycles. The lowest BCUT2D eigenvalue weighted by Crippen LogP contribution is -2.29. The third kappa shape index (κ3) is 3.97. The van der Waals surface area contributed by atoms with Gasteiger partial charge in [0.15, 0.2) is 5.82 Å². The van der Waals surface area contributed by atoms with Crippen LogP contribution in [0.4, 0.5) is 8.78 Å². The summed E-state index contributed by atoms with van der Waals surface area (Å²) in [6.07, 6.45) is 3.71. The molecule has 0 radical (unpaired) electrons. The number of amides is 1. The highest BCUT2D eigenvalue weighted by Crippen LogP contribution is 2.50. The summed E-state index contributed by atoms with van der Waals surface area (Å²) in [7, 11) is 0. The van der Waals surface area contributed by atoms with Gasteiger partial charge < -0.3 is 5.32 Å². The van der Waals surface area contributed by atoms with Crippen LogP contribution in [0.25, 0.3) is 5.13 Å². The summed E-state index contributed by atoms with van der Waals surface area (Å²) < 4.78 is 30.9. The van der Waals surface area contributed by atoms with Crippen LogP contribution >= 0.6 is 27.3 Å². The lowest BCUT2D eigenvalue weighted by molar-refractivity contribution is -0.0286. The molecule has 11 heteroatoms. The van der Waals surface area contributed by atoms with Gasteiger partial charge in [-0.15, -0.1) is 0 Å². The highest BCUT2D eigenvalue weighted by molar-refractivity contribution is 9.10. The van der Waals surface area contributed by atoms with Crippen LogP contribution in [0.3, 0.4) is 0 Å². The Morgan fingerprint density at radius 1 is 1.40 bits per heavy atom. The highest BCUT2D eigenvalue weighted by atomic mass is 79.9. The van der Waals surface area contributed by atoms with Gasteiger partial charge in [0.1, 0.15) is 17.3 Å². The van der Waals surface area contributed by atoms with Crippen molar-refractivity contribution in [3.05, 3.63) is 57.0 Å². The molecule has 3 aromatic rings. The molecular weight excluding hydrogens is 478 g/mol. The van der Waals surface area contributed by atoms with Crippen LogP contribution in [0.5, 0.6) is 0 Å². The second-order valence-electron chi connectivity index (χ2n) is 6.97. The molecule has 7 nitrogen and oxygen atoms in total. The first-order chi connectivity index (χ1) is 14.3. The number of carbonyl (C=O) groups is 1. The zero-order valence-electron chi connectivity index (χ0n) is 15.6. The van der Waals surface area contributed by atoms with Crippen LogP contribution in [0.15, 0.2) is 35.2 Å². The molecule has 2 heterocycles. The van der Waals surface area contributed by atoms with E-state index in [2.05, 4.69) is 36.3 Å². The molecule has 30 heavy (non-hydrogen) atoms. The molecule has 0 spiro atoms. The Bertz CT molecular complexity index is 1150. The van der Waals surface area contributed by atoms with E-state index in [4.69, 9.17) is 5.26 Å². The summed E-state index contributed by atoms with van der Waals surface area (Å²) in [4.78, 5) is 21.5. The molecule has 1 N–H and O–H groups in total. The summed E-state index contributed by atoms with van der Waals surface area (Å²) in [6.45, 7) is 1.70. The van der Waals surface area contributed by atoms with Gasteiger partial charge in [0.05, 0.1) is 12.2 Å². The van der Waals surface area contributed by atoms with E-state index >= 15 is 0 Å². The van der Waals surface area contributed by atoms with Crippen molar-refractivity contribution in [2.45, 2.75) is 31.7 Å². The number of aromatic nitrogens is 4. The van der Waals surface area contributed by atoms with Gasteiger partial charge in [-0.1, -0.05) is 27.3 Å². The molecule has 1 saturated carbocycles. The highest BCUT2D eigenvalue weighted by Gasteiger charge is 2.48. The van der Waals surface area contributed by atoms with E-state index in [9.17, 15) is 13.6 Å². The zero-order chi connectivity index (χ0) is 21.5. The number of carbonyl (C=O) groups excluding carboxylic acids is 1. The molecule has 0 unspecified atom stereocenters. The van der Waals surface area contributed by atoms with E-state index in [-0.39, 0.29) is 11.1 Å². The Labute approximate surface area is 182 Å². The first-order valence-corrected chi connectivity index (χ1v) is 10.7. The summed E-state index contributed by atoms with van der Waals surface area (Å²) in [5.74, 6) is -3.74. The summed E-state index contributed by atoms with van der Waals surface area (Å²) >= 11 is 4.37. The Kier molecular flexibility index (Phi) is 5.38. The zero-order valence-corrected chi connectivity index (χ0v) is 18.0. The van der Waals surface area contributed by atoms with Crippen LogP contribution in [0, 0.1) is 17.2 Å². The molecule has 2 aromatic heterocycles. The Morgan fingerprint density at radius 3 is 2.83 bits per heavy atom. The van der Waals surface area contributed by atoms with Crippen molar-refractivity contribution < 1.29 is 13.6 Å². The quantitative estimate of drug-likeness (QED) is 0.551. The van der Waals surface area contributed by atoms with Crippen molar-refractivity contribution in [1.29, 1.82) is 5.26 Å². The van der Waals surface area contributed by atoms with E-state index in [0.717, 1.165) is 11.3 Å². The molecule has 4 rings (SSSR count). The number of benzene rings is 1. The maximum absolute atomic E-state index is 14.5. The third-order valence-corrected chi connectivity index (χ3v) is 6.06. The minimum Gasteiger partial charge on any atom is -0.342 e. The fourth-order valence-electron chi connectivity index (χ4n) is 3.05. The number of halogens is 3. The molecule has 1 aliphatic rings. The average Bonchev–Trinajstić information content (AvgIpc) is 3.28. The monoisotopic (exact) mass is 492 g/mol. The SMILES string of the molecule is C[C@H](NC(=O)c1cc(Br)cc(C(F)(F)C2CC2)c1)c1ncnn1-c1ncc(C#N)s1. The Balaban J connectivity index is 1.56. The standard InChI is InChI=1S/C19H15BrF2N6OS/c1-10(16-25-9-26-28(16)18-24-8-15(7-23)30-18)27-17(29)11-4-13(6-14(20)5-11)19(21,22)12-2-3-12/h4-6,8-10,12H,2-3H2,1H3,(H,27,29)/t10-/m0/s1. The lowest BCUT2D eigenvalue weighted by Gasteiger charge is -2.18. The smallest absolute Gasteiger partial charge is 0.276 e. The molecule has 154 valence electrons. The second-order valence-corrected chi connectivity index (χ2v) is 8.89. The fourth-order valence-corrected chi connectivity index (χ4v) is 4.22. The van der Waals surface area contributed by atoms with Gasteiger partial charge in [-0.3, -0.25) is 4.79 Å². The molecule has 1 fully saturated rings. The maximum Gasteiger partial charge on any atom is 0.276 e. The number of nitrogens with one attached hydrogen (secondary N) is 1. The molecule has 0 aliphatic heterocycles. The van der Waals surface area contributed by atoms with E-state index in [1.807, 2.05) is 6.07 Å². The van der Waals surface area contributed by atoms with Gasteiger partial charge in [-0.2, -0.15) is 15.0 Å². The van der Waals surface area contributed by atoms with Gasteiger partial charge in [-0.05, 0) is 38.0 Å². The minimum atomic E-state index is -2.96. The van der Waals surface area contributed by atoms with E-state index in [1.54, 1.807) is 6.92 Å². The largest absolute Gasteiger partial charge is 0.342 e. The Morgan fingerprint density at radius 2 is 2.17 bits per heavy atom. The molecule has 0 bridgehead atoms. The normalized spacial score (nSPS) is 14.9. The van der Waals surface area contributed by atoms with Crippen LogP contribution < -0.4 is 5.32 Å². The molecule has 1 amide bonds. The molecular formula is C19H15BrF2N6OS. The van der Waals surface area contributed by atoms with Crippen molar-refractivity contribution in [3.8, 4) is 11.2 Å². The van der Waals surface area contributed by atoms with Crippen molar-refractivity contribution in [1.82, 2.24) is 25.1 Å².